The highest BCUT2D eigenvalue weighted by atomic mass is 79.9. The van der Waals surface area contributed by atoms with Gasteiger partial charge in [0.15, 0.2) is 0 Å². The largest absolute Gasteiger partial charge is 0.379 e. The molecular weight excluding hydrogens is 235 g/mol. The van der Waals surface area contributed by atoms with Crippen molar-refractivity contribution in [1.29, 1.82) is 0 Å². The standard InChI is InChI=1S/C6H6BrClOS/c1-9-3-5-4(8)2-6(7)10-5/h2H,3H2,1H3. The maximum absolute atomic E-state index is 5.82. The smallest absolute Gasteiger partial charge is 0.0820 e. The molecule has 10 heavy (non-hydrogen) atoms. The molecular formula is C6H6BrClOS. The second kappa shape index (κ2) is 3.72. The Morgan fingerprint density at radius 1 is 1.80 bits per heavy atom. The van der Waals surface area contributed by atoms with Gasteiger partial charge in [-0.05, 0) is 22.0 Å². The van der Waals surface area contributed by atoms with Crippen LogP contribution in [0, 0.1) is 0 Å². The van der Waals surface area contributed by atoms with Gasteiger partial charge in [0.1, 0.15) is 0 Å². The summed E-state index contributed by atoms with van der Waals surface area (Å²) in [6, 6.07) is 1.88. The van der Waals surface area contributed by atoms with Gasteiger partial charge in [0.25, 0.3) is 0 Å². The van der Waals surface area contributed by atoms with Crippen LogP contribution in [-0.2, 0) is 11.3 Å². The SMILES string of the molecule is COCc1sc(Br)cc1Cl. The summed E-state index contributed by atoms with van der Waals surface area (Å²) in [5.74, 6) is 0. The first-order valence-corrected chi connectivity index (χ1v) is 4.65. The normalized spacial score (nSPS) is 10.3. The molecule has 0 unspecified atom stereocenters. The van der Waals surface area contributed by atoms with Crippen molar-refractivity contribution in [2.75, 3.05) is 7.11 Å². The summed E-state index contributed by atoms with van der Waals surface area (Å²) < 4.78 is 5.97. The summed E-state index contributed by atoms with van der Waals surface area (Å²) in [5, 5.41) is 0.777. The summed E-state index contributed by atoms with van der Waals surface area (Å²) in [4.78, 5) is 1.07. The molecule has 0 amide bonds. The fraction of sp³-hybridized carbons (Fsp3) is 0.333. The van der Waals surface area contributed by atoms with Gasteiger partial charge in [-0.15, -0.1) is 11.3 Å². The highest BCUT2D eigenvalue weighted by Crippen LogP contribution is 2.30. The lowest BCUT2D eigenvalue weighted by Crippen LogP contribution is -1.81. The van der Waals surface area contributed by atoms with Gasteiger partial charge in [-0.1, -0.05) is 11.6 Å². The Balaban J connectivity index is 2.81. The van der Waals surface area contributed by atoms with E-state index in [0.717, 1.165) is 13.7 Å². The molecule has 1 nitrogen and oxygen atoms in total. The van der Waals surface area contributed by atoms with Gasteiger partial charge in [-0.25, -0.2) is 0 Å². The fourth-order valence-corrected chi connectivity index (χ4v) is 2.64. The van der Waals surface area contributed by atoms with E-state index >= 15 is 0 Å². The summed E-state index contributed by atoms with van der Waals surface area (Å²) in [6.45, 7) is 0.592. The van der Waals surface area contributed by atoms with Crippen LogP contribution in [-0.4, -0.2) is 7.11 Å². The number of halogens is 2. The van der Waals surface area contributed by atoms with Crippen LogP contribution in [0.3, 0.4) is 0 Å². The summed E-state index contributed by atoms with van der Waals surface area (Å²) in [5.41, 5.74) is 0. The summed E-state index contributed by atoms with van der Waals surface area (Å²) in [6.07, 6.45) is 0. The number of thiophene rings is 1. The predicted molar refractivity (Wildman–Crippen MR) is 47.7 cm³/mol. The van der Waals surface area contributed by atoms with E-state index in [-0.39, 0.29) is 0 Å². The highest BCUT2D eigenvalue weighted by molar-refractivity contribution is 9.11. The molecule has 0 aliphatic rings. The number of ether oxygens (including phenoxy) is 1. The average molecular weight is 242 g/mol. The van der Waals surface area contributed by atoms with Crippen LogP contribution in [0.15, 0.2) is 9.85 Å². The van der Waals surface area contributed by atoms with Crippen molar-refractivity contribution in [3.05, 3.63) is 19.8 Å². The van der Waals surface area contributed by atoms with Crippen molar-refractivity contribution in [3.8, 4) is 0 Å². The van der Waals surface area contributed by atoms with E-state index in [1.807, 2.05) is 6.07 Å². The molecule has 1 rings (SSSR count). The molecule has 0 N–H and O–H groups in total. The van der Waals surface area contributed by atoms with Crippen molar-refractivity contribution in [2.45, 2.75) is 6.61 Å². The van der Waals surface area contributed by atoms with E-state index in [1.165, 1.54) is 0 Å². The minimum Gasteiger partial charge on any atom is -0.379 e. The minimum atomic E-state index is 0.592. The lowest BCUT2D eigenvalue weighted by atomic mass is 10.5. The predicted octanol–water partition coefficient (Wildman–Crippen LogP) is 3.31. The van der Waals surface area contributed by atoms with Gasteiger partial charge in [0.05, 0.1) is 20.3 Å². The van der Waals surface area contributed by atoms with E-state index in [9.17, 15) is 0 Å². The molecule has 4 heteroatoms. The molecule has 0 aliphatic heterocycles. The van der Waals surface area contributed by atoms with Crippen LogP contribution in [0.5, 0.6) is 0 Å². The van der Waals surface area contributed by atoms with Crippen LogP contribution in [0.4, 0.5) is 0 Å². The highest BCUT2D eigenvalue weighted by Gasteiger charge is 2.03. The zero-order chi connectivity index (χ0) is 7.56. The first-order chi connectivity index (χ1) is 4.74. The lowest BCUT2D eigenvalue weighted by Gasteiger charge is -1.92. The molecule has 0 radical (unpaired) electrons. The van der Waals surface area contributed by atoms with Crippen molar-refractivity contribution < 1.29 is 4.74 Å². The lowest BCUT2D eigenvalue weighted by molar-refractivity contribution is 0.187. The van der Waals surface area contributed by atoms with Gasteiger partial charge >= 0.3 is 0 Å². The topological polar surface area (TPSA) is 9.23 Å². The van der Waals surface area contributed by atoms with Crippen molar-refractivity contribution >= 4 is 38.9 Å². The van der Waals surface area contributed by atoms with E-state index in [0.29, 0.717) is 6.61 Å². The Bertz CT molecular complexity index is 224. The minimum absolute atomic E-state index is 0.592. The molecule has 0 saturated carbocycles. The van der Waals surface area contributed by atoms with Gasteiger partial charge < -0.3 is 4.74 Å². The first-order valence-electron chi connectivity index (χ1n) is 2.66. The molecule has 1 aromatic rings. The maximum Gasteiger partial charge on any atom is 0.0820 e. The van der Waals surface area contributed by atoms with Crippen LogP contribution in [0.25, 0.3) is 0 Å². The molecule has 0 aromatic carbocycles. The van der Waals surface area contributed by atoms with Gasteiger partial charge in [-0.2, -0.15) is 0 Å². The Kier molecular flexibility index (Phi) is 3.17. The number of methoxy groups -OCH3 is 1. The number of hydrogen-bond acceptors (Lipinski definition) is 2. The van der Waals surface area contributed by atoms with Gasteiger partial charge in [-0.3, -0.25) is 0 Å². The molecule has 0 atom stereocenters. The van der Waals surface area contributed by atoms with Crippen LogP contribution >= 0.6 is 38.9 Å². The first kappa shape index (κ1) is 8.53. The molecule has 0 bridgehead atoms. The molecule has 1 heterocycles. The molecule has 56 valence electrons. The van der Waals surface area contributed by atoms with Crippen molar-refractivity contribution in [2.24, 2.45) is 0 Å². The number of hydrogen-bond donors (Lipinski definition) is 0. The summed E-state index contributed by atoms with van der Waals surface area (Å²) in [7, 11) is 1.66. The third-order valence-electron chi connectivity index (χ3n) is 1.00. The van der Waals surface area contributed by atoms with Crippen molar-refractivity contribution in [1.82, 2.24) is 0 Å². The monoisotopic (exact) mass is 240 g/mol. The third-order valence-corrected chi connectivity index (χ3v) is 3.06. The van der Waals surface area contributed by atoms with E-state index < -0.39 is 0 Å². The Labute approximate surface area is 77.1 Å². The molecule has 0 aliphatic carbocycles. The summed E-state index contributed by atoms with van der Waals surface area (Å²) >= 11 is 10.8. The van der Waals surface area contributed by atoms with Gasteiger partial charge in [0, 0.05) is 7.11 Å². The zero-order valence-electron chi connectivity index (χ0n) is 5.36. The second-order valence-corrected chi connectivity index (χ2v) is 4.68. The van der Waals surface area contributed by atoms with Crippen LogP contribution < -0.4 is 0 Å². The van der Waals surface area contributed by atoms with Crippen LogP contribution in [0.1, 0.15) is 4.88 Å². The van der Waals surface area contributed by atoms with E-state index in [4.69, 9.17) is 16.3 Å². The second-order valence-electron chi connectivity index (χ2n) is 1.75. The average Bonchev–Trinajstić information content (AvgIpc) is 2.13. The fourth-order valence-electron chi connectivity index (χ4n) is 0.606. The molecule has 0 spiro atoms. The third kappa shape index (κ3) is 1.95. The van der Waals surface area contributed by atoms with Gasteiger partial charge in [0.2, 0.25) is 0 Å². The quantitative estimate of drug-likeness (QED) is 0.772. The van der Waals surface area contributed by atoms with E-state index in [2.05, 4.69) is 15.9 Å². The maximum atomic E-state index is 5.82. The molecule has 0 fully saturated rings. The Morgan fingerprint density at radius 2 is 2.50 bits per heavy atom. The Morgan fingerprint density at radius 3 is 2.90 bits per heavy atom. The van der Waals surface area contributed by atoms with E-state index in [1.54, 1.807) is 18.4 Å². The zero-order valence-corrected chi connectivity index (χ0v) is 8.52. The van der Waals surface area contributed by atoms with Crippen LogP contribution in [0.2, 0.25) is 5.02 Å². The Hall–Kier alpha value is 0.430. The molecule has 1 aromatic heterocycles. The van der Waals surface area contributed by atoms with Crippen molar-refractivity contribution in [3.63, 3.8) is 0 Å². The molecule has 0 saturated heterocycles. The number of rotatable bonds is 2.